The Morgan fingerprint density at radius 3 is 2.58 bits per heavy atom. The highest BCUT2D eigenvalue weighted by Crippen LogP contribution is 2.36. The molecule has 166 valence electrons. The second-order valence-electron chi connectivity index (χ2n) is 9.45. The minimum atomic E-state index is -0.500. The van der Waals surface area contributed by atoms with Crippen molar-refractivity contribution >= 4 is 28.5 Å². The first-order valence-corrected chi connectivity index (χ1v) is 11.2. The maximum atomic E-state index is 12.6. The standard InChI is InChI=1S/C25H32N2O4/c1-5-30-23(28)21-15-19-7-6-8-20(22(19)27(21)16-17-9-10-17)18-11-13-26(14-12-18)24(29)31-25(2,3)4/h6-8,11,15,17H,5,9-10,12-14,16H2,1-4H3. The zero-order chi connectivity index (χ0) is 22.2. The van der Waals surface area contributed by atoms with Gasteiger partial charge in [-0.05, 0) is 64.5 Å². The van der Waals surface area contributed by atoms with Gasteiger partial charge in [0.15, 0.2) is 0 Å². The predicted molar refractivity (Wildman–Crippen MR) is 121 cm³/mol. The predicted octanol–water partition coefficient (Wildman–Crippen LogP) is 5.25. The molecule has 0 bridgehead atoms. The summed E-state index contributed by atoms with van der Waals surface area (Å²) in [6.45, 7) is 9.82. The van der Waals surface area contributed by atoms with Gasteiger partial charge in [-0.1, -0.05) is 24.3 Å². The average Bonchev–Trinajstić information content (AvgIpc) is 3.46. The fraction of sp³-hybridized carbons (Fsp3) is 0.520. The van der Waals surface area contributed by atoms with E-state index in [0.717, 1.165) is 29.4 Å². The zero-order valence-electron chi connectivity index (χ0n) is 18.9. The number of hydrogen-bond donors (Lipinski definition) is 0. The molecule has 1 aromatic carbocycles. The van der Waals surface area contributed by atoms with Crippen LogP contribution in [0.25, 0.3) is 16.5 Å². The Morgan fingerprint density at radius 2 is 1.97 bits per heavy atom. The molecule has 0 spiro atoms. The topological polar surface area (TPSA) is 60.8 Å². The number of nitrogens with zero attached hydrogens (tertiary/aromatic N) is 2. The van der Waals surface area contributed by atoms with Gasteiger partial charge in [0.25, 0.3) is 0 Å². The van der Waals surface area contributed by atoms with E-state index >= 15 is 0 Å². The molecule has 1 amide bonds. The van der Waals surface area contributed by atoms with Crippen LogP contribution in [0.4, 0.5) is 4.79 Å². The molecule has 6 heteroatoms. The molecule has 1 aromatic heterocycles. The Bertz CT molecular complexity index is 1020. The maximum Gasteiger partial charge on any atom is 0.410 e. The summed E-state index contributed by atoms with van der Waals surface area (Å²) in [5.74, 6) is 0.360. The molecule has 2 aromatic rings. The first-order chi connectivity index (χ1) is 14.8. The van der Waals surface area contributed by atoms with Crippen molar-refractivity contribution in [1.29, 1.82) is 0 Å². The number of benzene rings is 1. The Labute approximate surface area is 183 Å². The summed E-state index contributed by atoms with van der Waals surface area (Å²) >= 11 is 0. The van der Waals surface area contributed by atoms with Gasteiger partial charge in [0, 0.05) is 30.6 Å². The van der Waals surface area contributed by atoms with Crippen molar-refractivity contribution in [3.63, 3.8) is 0 Å². The number of aromatic nitrogens is 1. The van der Waals surface area contributed by atoms with Crippen LogP contribution in [-0.2, 0) is 16.0 Å². The number of rotatable bonds is 5. The van der Waals surface area contributed by atoms with Crippen molar-refractivity contribution in [2.45, 2.75) is 59.1 Å². The van der Waals surface area contributed by atoms with Crippen molar-refractivity contribution in [3.05, 3.63) is 41.6 Å². The normalized spacial score (nSPS) is 16.9. The van der Waals surface area contributed by atoms with E-state index < -0.39 is 5.60 Å². The molecular weight excluding hydrogens is 392 g/mol. The molecule has 4 rings (SSSR count). The SMILES string of the molecule is CCOC(=O)c1cc2cccc(C3=CCN(C(=O)OC(C)(C)C)CC3)c2n1CC1CC1. The smallest absolute Gasteiger partial charge is 0.410 e. The van der Waals surface area contributed by atoms with Crippen molar-refractivity contribution in [1.82, 2.24) is 9.47 Å². The lowest BCUT2D eigenvalue weighted by Gasteiger charge is -2.30. The first-order valence-electron chi connectivity index (χ1n) is 11.2. The number of carbonyl (C=O) groups excluding carboxylic acids is 2. The average molecular weight is 425 g/mol. The van der Waals surface area contributed by atoms with Crippen LogP contribution in [-0.4, -0.2) is 46.8 Å². The van der Waals surface area contributed by atoms with Crippen molar-refractivity contribution in [2.24, 2.45) is 5.92 Å². The number of esters is 1. The molecule has 1 aliphatic carbocycles. The van der Waals surface area contributed by atoms with Crippen molar-refractivity contribution in [2.75, 3.05) is 19.7 Å². The van der Waals surface area contributed by atoms with E-state index in [0.29, 0.717) is 31.3 Å². The number of fused-ring (bicyclic) bond motifs is 1. The molecule has 0 N–H and O–H groups in total. The summed E-state index contributed by atoms with van der Waals surface area (Å²) in [6, 6.07) is 8.17. The van der Waals surface area contributed by atoms with Gasteiger partial charge >= 0.3 is 12.1 Å². The van der Waals surface area contributed by atoms with E-state index in [1.165, 1.54) is 18.4 Å². The highest BCUT2D eigenvalue weighted by molar-refractivity contribution is 6.00. The van der Waals surface area contributed by atoms with Crippen molar-refractivity contribution in [3.8, 4) is 0 Å². The van der Waals surface area contributed by atoms with Gasteiger partial charge < -0.3 is 18.9 Å². The Balaban J connectivity index is 1.66. The number of amides is 1. The van der Waals surface area contributed by atoms with E-state index in [1.807, 2.05) is 39.8 Å². The largest absolute Gasteiger partial charge is 0.461 e. The molecule has 1 saturated carbocycles. The van der Waals surface area contributed by atoms with Gasteiger partial charge in [-0.15, -0.1) is 0 Å². The minimum Gasteiger partial charge on any atom is -0.461 e. The number of hydrogen-bond acceptors (Lipinski definition) is 4. The van der Waals surface area contributed by atoms with Gasteiger partial charge in [-0.3, -0.25) is 0 Å². The molecule has 0 saturated heterocycles. The van der Waals surface area contributed by atoms with E-state index in [2.05, 4.69) is 22.8 Å². The van der Waals surface area contributed by atoms with Gasteiger partial charge in [0.2, 0.25) is 0 Å². The lowest BCUT2D eigenvalue weighted by atomic mass is 9.97. The molecule has 2 aliphatic rings. The van der Waals surface area contributed by atoms with Gasteiger partial charge in [-0.25, -0.2) is 9.59 Å². The maximum absolute atomic E-state index is 12.6. The fourth-order valence-electron chi connectivity index (χ4n) is 4.11. The molecule has 6 nitrogen and oxygen atoms in total. The Morgan fingerprint density at radius 1 is 1.19 bits per heavy atom. The summed E-state index contributed by atoms with van der Waals surface area (Å²) < 4.78 is 13.0. The lowest BCUT2D eigenvalue weighted by molar-refractivity contribution is 0.0270. The molecule has 0 atom stereocenters. The second-order valence-corrected chi connectivity index (χ2v) is 9.45. The van der Waals surface area contributed by atoms with Crippen LogP contribution in [0.1, 0.15) is 63.0 Å². The van der Waals surface area contributed by atoms with E-state index in [1.54, 1.807) is 4.90 Å². The van der Waals surface area contributed by atoms with E-state index in [-0.39, 0.29) is 12.1 Å². The number of carbonyl (C=O) groups is 2. The quantitative estimate of drug-likeness (QED) is 0.615. The van der Waals surface area contributed by atoms with Crippen LogP contribution in [0, 0.1) is 5.92 Å². The van der Waals surface area contributed by atoms with Gasteiger partial charge in [0.05, 0.1) is 12.1 Å². The van der Waals surface area contributed by atoms with Crippen molar-refractivity contribution < 1.29 is 19.1 Å². The summed E-state index contributed by atoms with van der Waals surface area (Å²) in [7, 11) is 0. The number of ether oxygens (including phenoxy) is 2. The fourth-order valence-corrected chi connectivity index (χ4v) is 4.11. The Hall–Kier alpha value is -2.76. The third-order valence-corrected chi connectivity index (χ3v) is 5.75. The van der Waals surface area contributed by atoms with Crippen LogP contribution in [0.2, 0.25) is 0 Å². The molecule has 31 heavy (non-hydrogen) atoms. The molecule has 0 radical (unpaired) electrons. The third kappa shape index (κ3) is 4.78. The van der Waals surface area contributed by atoms with Crippen LogP contribution in [0.3, 0.4) is 0 Å². The molecule has 1 aliphatic heterocycles. The molecule has 1 fully saturated rings. The van der Waals surface area contributed by atoms with Gasteiger partial charge in [0.1, 0.15) is 11.3 Å². The summed E-state index contributed by atoms with van der Waals surface area (Å²) in [4.78, 5) is 26.8. The molecule has 2 heterocycles. The highest BCUT2D eigenvalue weighted by Gasteiger charge is 2.28. The monoisotopic (exact) mass is 424 g/mol. The van der Waals surface area contributed by atoms with E-state index in [4.69, 9.17) is 9.47 Å². The van der Waals surface area contributed by atoms with E-state index in [9.17, 15) is 9.59 Å². The third-order valence-electron chi connectivity index (χ3n) is 5.75. The second kappa shape index (κ2) is 8.40. The summed E-state index contributed by atoms with van der Waals surface area (Å²) in [6.07, 6.45) is 5.00. The minimum absolute atomic E-state index is 0.265. The summed E-state index contributed by atoms with van der Waals surface area (Å²) in [5, 5.41) is 1.05. The number of para-hydroxylation sites is 1. The van der Waals surface area contributed by atoms with Gasteiger partial charge in [-0.2, -0.15) is 0 Å². The Kier molecular flexibility index (Phi) is 5.82. The summed E-state index contributed by atoms with van der Waals surface area (Å²) in [5.41, 5.74) is 3.56. The van der Waals surface area contributed by atoms with Crippen LogP contribution >= 0.6 is 0 Å². The zero-order valence-corrected chi connectivity index (χ0v) is 18.9. The van der Waals surface area contributed by atoms with Crippen LogP contribution in [0.15, 0.2) is 30.3 Å². The van der Waals surface area contributed by atoms with Crippen LogP contribution in [0.5, 0.6) is 0 Å². The van der Waals surface area contributed by atoms with Crippen LogP contribution < -0.4 is 0 Å². The lowest BCUT2D eigenvalue weighted by Crippen LogP contribution is -2.39. The first kappa shape index (κ1) is 21.5. The highest BCUT2D eigenvalue weighted by atomic mass is 16.6. The molecule has 0 unspecified atom stereocenters. The molecular formula is C25H32N2O4.